The van der Waals surface area contributed by atoms with Gasteiger partial charge in [0, 0.05) is 18.8 Å². The molecule has 1 aliphatic carbocycles. The maximum atomic E-state index is 9.57. The van der Waals surface area contributed by atoms with E-state index in [1.807, 2.05) is 6.92 Å². The Kier molecular flexibility index (Phi) is 5.58. The number of aliphatic hydroxyl groups is 1. The van der Waals surface area contributed by atoms with Gasteiger partial charge >= 0.3 is 0 Å². The van der Waals surface area contributed by atoms with Gasteiger partial charge in [0.25, 0.3) is 0 Å². The van der Waals surface area contributed by atoms with E-state index < -0.39 is 0 Å². The van der Waals surface area contributed by atoms with E-state index in [1.54, 1.807) is 0 Å². The quantitative estimate of drug-likeness (QED) is 0.633. The fourth-order valence-electron chi connectivity index (χ4n) is 2.78. The lowest BCUT2D eigenvalue weighted by Gasteiger charge is -2.34. The zero-order valence-electron chi connectivity index (χ0n) is 10.1. The SMILES string of the molecule is CCNC1(CO)CCCC1CCOCC. The van der Waals surface area contributed by atoms with Crippen LogP contribution in [0.15, 0.2) is 0 Å². The second-order valence-corrected chi connectivity index (χ2v) is 4.42. The monoisotopic (exact) mass is 215 g/mol. The summed E-state index contributed by atoms with van der Waals surface area (Å²) in [7, 11) is 0. The Labute approximate surface area is 93.2 Å². The Morgan fingerprint density at radius 3 is 2.87 bits per heavy atom. The highest BCUT2D eigenvalue weighted by Crippen LogP contribution is 2.37. The maximum absolute atomic E-state index is 9.57. The van der Waals surface area contributed by atoms with E-state index in [-0.39, 0.29) is 12.1 Å². The molecule has 1 rings (SSSR count). The van der Waals surface area contributed by atoms with Crippen molar-refractivity contribution in [3.05, 3.63) is 0 Å². The molecule has 0 aromatic carbocycles. The van der Waals surface area contributed by atoms with Crippen LogP contribution in [0.2, 0.25) is 0 Å². The van der Waals surface area contributed by atoms with Crippen molar-refractivity contribution >= 4 is 0 Å². The molecule has 0 aromatic heterocycles. The van der Waals surface area contributed by atoms with Crippen LogP contribution < -0.4 is 5.32 Å². The van der Waals surface area contributed by atoms with E-state index in [0.717, 1.165) is 32.6 Å². The van der Waals surface area contributed by atoms with Gasteiger partial charge in [-0.3, -0.25) is 0 Å². The lowest BCUT2D eigenvalue weighted by atomic mass is 9.85. The van der Waals surface area contributed by atoms with E-state index >= 15 is 0 Å². The first kappa shape index (κ1) is 12.9. The molecule has 0 aromatic rings. The Morgan fingerprint density at radius 2 is 2.27 bits per heavy atom. The largest absolute Gasteiger partial charge is 0.394 e. The smallest absolute Gasteiger partial charge is 0.0616 e. The molecule has 0 radical (unpaired) electrons. The summed E-state index contributed by atoms with van der Waals surface area (Å²) >= 11 is 0. The summed E-state index contributed by atoms with van der Waals surface area (Å²) in [5.41, 5.74) is -0.0220. The zero-order valence-corrected chi connectivity index (χ0v) is 10.1. The summed E-state index contributed by atoms with van der Waals surface area (Å²) in [6.45, 7) is 6.95. The maximum Gasteiger partial charge on any atom is 0.0616 e. The van der Waals surface area contributed by atoms with Gasteiger partial charge in [-0.1, -0.05) is 13.3 Å². The van der Waals surface area contributed by atoms with Crippen LogP contribution >= 0.6 is 0 Å². The number of hydrogen-bond donors (Lipinski definition) is 2. The van der Waals surface area contributed by atoms with Crippen LogP contribution in [-0.2, 0) is 4.74 Å². The predicted molar refractivity (Wildman–Crippen MR) is 61.9 cm³/mol. The van der Waals surface area contributed by atoms with Gasteiger partial charge in [0.2, 0.25) is 0 Å². The van der Waals surface area contributed by atoms with Crippen LogP contribution in [0.3, 0.4) is 0 Å². The molecule has 1 aliphatic rings. The minimum Gasteiger partial charge on any atom is -0.394 e. The van der Waals surface area contributed by atoms with E-state index in [2.05, 4.69) is 12.2 Å². The van der Waals surface area contributed by atoms with Gasteiger partial charge in [-0.25, -0.2) is 0 Å². The van der Waals surface area contributed by atoms with Crippen molar-refractivity contribution in [2.45, 2.75) is 45.1 Å². The van der Waals surface area contributed by atoms with Crippen molar-refractivity contribution in [3.8, 4) is 0 Å². The van der Waals surface area contributed by atoms with Crippen LogP contribution in [0.5, 0.6) is 0 Å². The van der Waals surface area contributed by atoms with E-state index in [9.17, 15) is 5.11 Å². The molecule has 1 fully saturated rings. The van der Waals surface area contributed by atoms with Crippen molar-refractivity contribution in [1.29, 1.82) is 0 Å². The average molecular weight is 215 g/mol. The molecule has 3 heteroatoms. The third-order valence-electron chi connectivity index (χ3n) is 3.58. The molecule has 0 bridgehead atoms. The first-order valence-corrected chi connectivity index (χ1v) is 6.22. The fraction of sp³-hybridized carbons (Fsp3) is 1.00. The van der Waals surface area contributed by atoms with Crippen LogP contribution in [-0.4, -0.2) is 37.0 Å². The van der Waals surface area contributed by atoms with Crippen LogP contribution in [0.4, 0.5) is 0 Å². The van der Waals surface area contributed by atoms with Crippen LogP contribution in [0, 0.1) is 5.92 Å². The summed E-state index contributed by atoms with van der Waals surface area (Å²) < 4.78 is 5.40. The Balaban J connectivity index is 2.45. The number of rotatable bonds is 7. The third-order valence-corrected chi connectivity index (χ3v) is 3.58. The molecule has 2 atom stereocenters. The molecule has 90 valence electrons. The second kappa shape index (κ2) is 6.46. The number of hydrogen-bond acceptors (Lipinski definition) is 3. The molecule has 15 heavy (non-hydrogen) atoms. The van der Waals surface area contributed by atoms with Gasteiger partial charge in [0.05, 0.1) is 6.61 Å². The molecular weight excluding hydrogens is 190 g/mol. The highest BCUT2D eigenvalue weighted by atomic mass is 16.5. The van der Waals surface area contributed by atoms with Gasteiger partial charge in [0.15, 0.2) is 0 Å². The zero-order chi connectivity index (χ0) is 11.1. The molecule has 0 aliphatic heterocycles. The van der Waals surface area contributed by atoms with Crippen LogP contribution in [0.1, 0.15) is 39.5 Å². The molecule has 0 spiro atoms. The molecule has 2 unspecified atom stereocenters. The van der Waals surface area contributed by atoms with E-state index in [0.29, 0.717) is 5.92 Å². The average Bonchev–Trinajstić information content (AvgIpc) is 2.63. The molecule has 0 saturated heterocycles. The van der Waals surface area contributed by atoms with Gasteiger partial charge in [0.1, 0.15) is 0 Å². The van der Waals surface area contributed by atoms with Crippen LogP contribution in [0.25, 0.3) is 0 Å². The number of nitrogens with one attached hydrogen (secondary N) is 1. The van der Waals surface area contributed by atoms with Crippen molar-refractivity contribution in [1.82, 2.24) is 5.32 Å². The van der Waals surface area contributed by atoms with Gasteiger partial charge < -0.3 is 15.2 Å². The normalized spacial score (nSPS) is 31.0. The van der Waals surface area contributed by atoms with Gasteiger partial charge in [-0.05, 0) is 38.6 Å². The number of likely N-dealkylation sites (N-methyl/N-ethyl adjacent to an activating group) is 1. The molecule has 3 nitrogen and oxygen atoms in total. The number of aliphatic hydroxyl groups excluding tert-OH is 1. The first-order valence-electron chi connectivity index (χ1n) is 6.22. The minimum atomic E-state index is -0.0220. The Bertz CT molecular complexity index is 175. The Hall–Kier alpha value is -0.120. The van der Waals surface area contributed by atoms with E-state index in [4.69, 9.17) is 4.74 Å². The highest BCUT2D eigenvalue weighted by molar-refractivity contribution is 4.98. The first-order chi connectivity index (χ1) is 7.29. The van der Waals surface area contributed by atoms with Gasteiger partial charge in [-0.2, -0.15) is 0 Å². The second-order valence-electron chi connectivity index (χ2n) is 4.42. The molecule has 0 heterocycles. The third kappa shape index (κ3) is 3.16. The molecule has 1 saturated carbocycles. The number of ether oxygens (including phenoxy) is 1. The summed E-state index contributed by atoms with van der Waals surface area (Å²) in [5.74, 6) is 0.578. The summed E-state index contributed by atoms with van der Waals surface area (Å²) in [6.07, 6.45) is 4.63. The molecular formula is C12H25NO2. The summed E-state index contributed by atoms with van der Waals surface area (Å²) in [4.78, 5) is 0. The standard InChI is InChI=1S/C12H25NO2/c1-3-13-12(10-14)8-5-6-11(12)7-9-15-4-2/h11,13-14H,3-10H2,1-2H3. The highest BCUT2D eigenvalue weighted by Gasteiger charge is 2.41. The lowest BCUT2D eigenvalue weighted by Crippen LogP contribution is -2.51. The predicted octanol–water partition coefficient (Wildman–Crippen LogP) is 1.55. The van der Waals surface area contributed by atoms with Crippen molar-refractivity contribution in [2.24, 2.45) is 5.92 Å². The van der Waals surface area contributed by atoms with Crippen molar-refractivity contribution < 1.29 is 9.84 Å². The van der Waals surface area contributed by atoms with E-state index in [1.165, 1.54) is 12.8 Å². The summed E-state index contributed by atoms with van der Waals surface area (Å²) in [6, 6.07) is 0. The molecule has 0 amide bonds. The lowest BCUT2D eigenvalue weighted by molar-refractivity contribution is 0.0846. The minimum absolute atomic E-state index is 0.0220. The topological polar surface area (TPSA) is 41.5 Å². The fourth-order valence-corrected chi connectivity index (χ4v) is 2.78. The van der Waals surface area contributed by atoms with Gasteiger partial charge in [-0.15, -0.1) is 0 Å². The van der Waals surface area contributed by atoms with Crippen molar-refractivity contribution in [3.63, 3.8) is 0 Å². The molecule has 2 N–H and O–H groups in total. The summed E-state index contributed by atoms with van der Waals surface area (Å²) in [5, 5.41) is 13.1. The van der Waals surface area contributed by atoms with Crippen molar-refractivity contribution in [2.75, 3.05) is 26.4 Å². The Morgan fingerprint density at radius 1 is 1.47 bits per heavy atom.